The summed E-state index contributed by atoms with van der Waals surface area (Å²) in [5.41, 5.74) is 1.97. The Balaban J connectivity index is 1.66. The van der Waals surface area contributed by atoms with Crippen LogP contribution in [0.25, 0.3) is 0 Å². The van der Waals surface area contributed by atoms with Gasteiger partial charge in [-0.05, 0) is 43.5 Å². The maximum absolute atomic E-state index is 14.3. The topological polar surface area (TPSA) is 24.5 Å². The van der Waals surface area contributed by atoms with E-state index in [1.165, 1.54) is 0 Å². The highest BCUT2D eigenvalue weighted by Crippen LogP contribution is 2.27. The zero-order valence-electron chi connectivity index (χ0n) is 11.9. The molecule has 3 nitrogen and oxygen atoms in total. The minimum atomic E-state index is -0.0486. The molecule has 0 aromatic heterocycles. The van der Waals surface area contributed by atoms with Gasteiger partial charge < -0.3 is 10.1 Å². The van der Waals surface area contributed by atoms with E-state index < -0.39 is 0 Å². The highest BCUT2D eigenvalue weighted by Gasteiger charge is 2.18. The van der Waals surface area contributed by atoms with Crippen molar-refractivity contribution in [2.75, 3.05) is 39.4 Å². The zero-order valence-corrected chi connectivity index (χ0v) is 11.9. The van der Waals surface area contributed by atoms with Crippen molar-refractivity contribution < 1.29 is 9.13 Å². The molecule has 0 spiro atoms. The van der Waals surface area contributed by atoms with E-state index in [4.69, 9.17) is 4.74 Å². The molecule has 2 heterocycles. The Labute approximate surface area is 120 Å². The number of benzene rings is 1. The van der Waals surface area contributed by atoms with Crippen LogP contribution in [0.5, 0.6) is 0 Å². The molecule has 1 aromatic carbocycles. The summed E-state index contributed by atoms with van der Waals surface area (Å²) < 4.78 is 19.6. The molecule has 2 fully saturated rings. The van der Waals surface area contributed by atoms with Gasteiger partial charge in [0.05, 0.1) is 13.2 Å². The van der Waals surface area contributed by atoms with Gasteiger partial charge >= 0.3 is 0 Å². The van der Waals surface area contributed by atoms with Crippen molar-refractivity contribution in [1.29, 1.82) is 0 Å². The fraction of sp³-hybridized carbons (Fsp3) is 0.625. The summed E-state index contributed by atoms with van der Waals surface area (Å²) in [4.78, 5) is 2.26. The SMILES string of the molecule is Fc1cc(C2CCNCC2)ccc1CN1CCOCC1. The van der Waals surface area contributed by atoms with Crippen LogP contribution in [0, 0.1) is 5.82 Å². The summed E-state index contributed by atoms with van der Waals surface area (Å²) in [6.45, 7) is 6.10. The van der Waals surface area contributed by atoms with Crippen LogP contribution in [-0.4, -0.2) is 44.3 Å². The van der Waals surface area contributed by atoms with Crippen LogP contribution in [0.4, 0.5) is 4.39 Å². The largest absolute Gasteiger partial charge is 0.379 e. The molecule has 3 rings (SSSR count). The molecule has 0 bridgehead atoms. The first-order chi connectivity index (χ1) is 9.83. The quantitative estimate of drug-likeness (QED) is 0.916. The molecule has 0 amide bonds. The number of piperidine rings is 1. The van der Waals surface area contributed by atoms with Gasteiger partial charge in [-0.1, -0.05) is 12.1 Å². The molecule has 4 heteroatoms. The number of hydrogen-bond acceptors (Lipinski definition) is 3. The number of nitrogens with one attached hydrogen (secondary N) is 1. The molecule has 0 saturated carbocycles. The Kier molecular flexibility index (Phi) is 4.65. The van der Waals surface area contributed by atoms with Crippen LogP contribution in [0.15, 0.2) is 18.2 Å². The fourth-order valence-corrected chi connectivity index (χ4v) is 3.10. The van der Waals surface area contributed by atoms with Crippen molar-refractivity contribution in [2.45, 2.75) is 25.3 Å². The predicted molar refractivity (Wildman–Crippen MR) is 77.3 cm³/mol. The molecular formula is C16H23FN2O. The predicted octanol–water partition coefficient (Wildman–Crippen LogP) is 2.12. The van der Waals surface area contributed by atoms with Gasteiger partial charge in [0.15, 0.2) is 0 Å². The second-order valence-electron chi connectivity index (χ2n) is 5.76. The Morgan fingerprint density at radius 2 is 1.95 bits per heavy atom. The van der Waals surface area contributed by atoms with Crippen LogP contribution in [0.2, 0.25) is 0 Å². The van der Waals surface area contributed by atoms with Crippen molar-refractivity contribution in [2.24, 2.45) is 0 Å². The van der Waals surface area contributed by atoms with E-state index in [1.54, 1.807) is 6.07 Å². The summed E-state index contributed by atoms with van der Waals surface area (Å²) in [6.07, 6.45) is 2.23. The normalized spacial score (nSPS) is 22.1. The maximum Gasteiger partial charge on any atom is 0.127 e. The lowest BCUT2D eigenvalue weighted by atomic mass is 9.89. The number of morpholine rings is 1. The van der Waals surface area contributed by atoms with Gasteiger partial charge in [0.25, 0.3) is 0 Å². The van der Waals surface area contributed by atoms with E-state index in [0.29, 0.717) is 12.5 Å². The number of halogens is 1. The van der Waals surface area contributed by atoms with Gasteiger partial charge in [0, 0.05) is 25.2 Å². The van der Waals surface area contributed by atoms with Crippen molar-refractivity contribution in [1.82, 2.24) is 10.2 Å². The lowest BCUT2D eigenvalue weighted by Crippen LogP contribution is -2.35. The molecule has 0 atom stereocenters. The fourth-order valence-electron chi connectivity index (χ4n) is 3.10. The standard InChI is InChI=1S/C16H23FN2O/c17-16-11-14(13-3-5-18-6-4-13)1-2-15(16)12-19-7-9-20-10-8-19/h1-2,11,13,18H,3-10,12H2. The monoisotopic (exact) mass is 278 g/mol. The average molecular weight is 278 g/mol. The van der Waals surface area contributed by atoms with E-state index in [2.05, 4.69) is 16.3 Å². The first-order valence-electron chi connectivity index (χ1n) is 7.62. The van der Waals surface area contributed by atoms with Crippen molar-refractivity contribution in [3.8, 4) is 0 Å². The van der Waals surface area contributed by atoms with Crippen LogP contribution in [0.3, 0.4) is 0 Å². The van der Waals surface area contributed by atoms with Crippen LogP contribution in [0.1, 0.15) is 29.9 Å². The van der Waals surface area contributed by atoms with Gasteiger partial charge in [-0.2, -0.15) is 0 Å². The second-order valence-corrected chi connectivity index (χ2v) is 5.76. The van der Waals surface area contributed by atoms with Crippen LogP contribution >= 0.6 is 0 Å². The smallest absolute Gasteiger partial charge is 0.127 e. The first kappa shape index (κ1) is 14.0. The number of ether oxygens (including phenoxy) is 1. The molecular weight excluding hydrogens is 255 g/mol. The first-order valence-corrected chi connectivity index (χ1v) is 7.62. The van der Waals surface area contributed by atoms with E-state index in [9.17, 15) is 4.39 Å². The van der Waals surface area contributed by atoms with E-state index in [0.717, 1.165) is 63.4 Å². The van der Waals surface area contributed by atoms with Gasteiger partial charge in [-0.3, -0.25) is 4.90 Å². The summed E-state index contributed by atoms with van der Waals surface area (Å²) >= 11 is 0. The Hall–Kier alpha value is -0.970. The van der Waals surface area contributed by atoms with Gasteiger partial charge in [-0.25, -0.2) is 4.39 Å². The van der Waals surface area contributed by atoms with Gasteiger partial charge in [0.1, 0.15) is 5.82 Å². The molecule has 1 aromatic rings. The minimum Gasteiger partial charge on any atom is -0.379 e. The molecule has 0 radical (unpaired) electrons. The molecule has 2 aliphatic rings. The van der Waals surface area contributed by atoms with Crippen molar-refractivity contribution in [3.05, 3.63) is 35.1 Å². The van der Waals surface area contributed by atoms with E-state index >= 15 is 0 Å². The lowest BCUT2D eigenvalue weighted by molar-refractivity contribution is 0.0337. The highest BCUT2D eigenvalue weighted by molar-refractivity contribution is 5.27. The summed E-state index contributed by atoms with van der Waals surface area (Å²) in [6, 6.07) is 5.85. The Bertz CT molecular complexity index is 440. The third-order valence-corrected chi connectivity index (χ3v) is 4.39. The Morgan fingerprint density at radius 1 is 1.20 bits per heavy atom. The lowest BCUT2D eigenvalue weighted by Gasteiger charge is -2.27. The summed E-state index contributed by atoms with van der Waals surface area (Å²) in [5.74, 6) is 0.468. The average Bonchev–Trinajstić information content (AvgIpc) is 2.51. The molecule has 20 heavy (non-hydrogen) atoms. The van der Waals surface area contributed by atoms with Gasteiger partial charge in [-0.15, -0.1) is 0 Å². The molecule has 1 N–H and O–H groups in total. The van der Waals surface area contributed by atoms with Crippen LogP contribution < -0.4 is 5.32 Å². The highest BCUT2D eigenvalue weighted by atomic mass is 19.1. The molecule has 0 unspecified atom stereocenters. The minimum absolute atomic E-state index is 0.0486. The second kappa shape index (κ2) is 6.66. The summed E-state index contributed by atoms with van der Waals surface area (Å²) in [5, 5.41) is 3.35. The van der Waals surface area contributed by atoms with Crippen molar-refractivity contribution in [3.63, 3.8) is 0 Å². The Morgan fingerprint density at radius 3 is 2.65 bits per heavy atom. The molecule has 110 valence electrons. The number of rotatable bonds is 3. The number of nitrogens with zero attached hydrogens (tertiary/aromatic N) is 1. The molecule has 0 aliphatic carbocycles. The summed E-state index contributed by atoms with van der Waals surface area (Å²) in [7, 11) is 0. The van der Waals surface area contributed by atoms with Crippen molar-refractivity contribution >= 4 is 0 Å². The van der Waals surface area contributed by atoms with E-state index in [1.807, 2.05) is 6.07 Å². The van der Waals surface area contributed by atoms with Crippen LogP contribution in [-0.2, 0) is 11.3 Å². The van der Waals surface area contributed by atoms with E-state index in [-0.39, 0.29) is 5.82 Å². The van der Waals surface area contributed by atoms with Gasteiger partial charge in [0.2, 0.25) is 0 Å². The zero-order chi connectivity index (χ0) is 13.8. The molecule has 2 aliphatic heterocycles. The molecule has 2 saturated heterocycles. The number of hydrogen-bond donors (Lipinski definition) is 1. The third kappa shape index (κ3) is 3.37. The third-order valence-electron chi connectivity index (χ3n) is 4.39. The maximum atomic E-state index is 14.3.